The molecule has 0 unspecified atom stereocenters. The fourth-order valence-electron chi connectivity index (χ4n) is 1.70. The van der Waals surface area contributed by atoms with E-state index < -0.39 is 0 Å². The van der Waals surface area contributed by atoms with Gasteiger partial charge in [0.15, 0.2) is 5.78 Å². The number of rotatable bonds is 3. The number of anilines is 1. The highest BCUT2D eigenvalue weighted by atomic mass is 79.9. The summed E-state index contributed by atoms with van der Waals surface area (Å²) in [5.41, 5.74) is 7.55. The largest absolute Gasteiger partial charge is 0.495 e. The van der Waals surface area contributed by atoms with E-state index in [1.54, 1.807) is 36.6 Å². The molecule has 2 rings (SSSR count). The monoisotopic (exact) mass is 325 g/mol. The molecule has 0 aliphatic heterocycles. The van der Waals surface area contributed by atoms with Crippen LogP contribution in [0.4, 0.5) is 5.69 Å². The zero-order valence-electron chi connectivity index (χ0n) is 9.99. The van der Waals surface area contributed by atoms with Crippen LogP contribution in [0.25, 0.3) is 0 Å². The molecule has 1 heterocycles. The Kier molecular flexibility index (Phi) is 3.73. The van der Waals surface area contributed by atoms with E-state index in [-0.39, 0.29) is 5.78 Å². The molecule has 0 bridgehead atoms. The average Bonchev–Trinajstić information content (AvgIpc) is 2.67. The summed E-state index contributed by atoms with van der Waals surface area (Å²) in [6.07, 6.45) is 0. The van der Waals surface area contributed by atoms with Gasteiger partial charge >= 0.3 is 0 Å². The fraction of sp³-hybridized carbons (Fsp3) is 0.154. The highest BCUT2D eigenvalue weighted by molar-refractivity contribution is 9.11. The molecule has 0 aliphatic rings. The number of ketones is 1. The molecule has 0 saturated heterocycles. The lowest BCUT2D eigenvalue weighted by atomic mass is 10.0. The molecule has 0 amide bonds. The quantitative estimate of drug-likeness (QED) is 0.692. The molecule has 5 heteroatoms. The molecular weight excluding hydrogens is 314 g/mol. The molecular formula is C13H12BrNO2S. The number of carbonyl (C=O) groups excluding carboxylic acids is 1. The topological polar surface area (TPSA) is 52.3 Å². The predicted octanol–water partition coefficient (Wildman–Crippen LogP) is 3.64. The van der Waals surface area contributed by atoms with Gasteiger partial charge in [-0.25, -0.2) is 0 Å². The van der Waals surface area contributed by atoms with Crippen LogP contribution in [-0.4, -0.2) is 12.9 Å². The van der Waals surface area contributed by atoms with Crippen LogP contribution in [0.3, 0.4) is 0 Å². The maximum Gasteiger partial charge on any atom is 0.194 e. The zero-order valence-corrected chi connectivity index (χ0v) is 12.4. The van der Waals surface area contributed by atoms with Gasteiger partial charge in [-0.1, -0.05) is 0 Å². The summed E-state index contributed by atoms with van der Waals surface area (Å²) < 4.78 is 6.02. The first-order valence-corrected chi connectivity index (χ1v) is 6.88. The van der Waals surface area contributed by atoms with Gasteiger partial charge < -0.3 is 10.5 Å². The molecule has 2 aromatic rings. The lowest BCUT2D eigenvalue weighted by Gasteiger charge is -2.06. The van der Waals surface area contributed by atoms with Gasteiger partial charge in [-0.2, -0.15) is 0 Å². The van der Waals surface area contributed by atoms with Crippen LogP contribution in [0.1, 0.15) is 20.8 Å². The first-order chi connectivity index (χ1) is 8.52. The van der Waals surface area contributed by atoms with E-state index in [4.69, 9.17) is 10.5 Å². The number of thiophene rings is 1. The van der Waals surface area contributed by atoms with Crippen LogP contribution < -0.4 is 10.5 Å². The second kappa shape index (κ2) is 5.12. The maximum absolute atomic E-state index is 12.3. The van der Waals surface area contributed by atoms with Crippen molar-refractivity contribution in [3.63, 3.8) is 0 Å². The summed E-state index contributed by atoms with van der Waals surface area (Å²) in [5, 5.41) is 0. The lowest BCUT2D eigenvalue weighted by Crippen LogP contribution is -2.03. The van der Waals surface area contributed by atoms with Gasteiger partial charge in [0.25, 0.3) is 0 Å². The van der Waals surface area contributed by atoms with E-state index in [2.05, 4.69) is 15.9 Å². The second-order valence-electron chi connectivity index (χ2n) is 3.81. The minimum absolute atomic E-state index is 0.0243. The molecule has 0 saturated carbocycles. The van der Waals surface area contributed by atoms with Crippen molar-refractivity contribution in [2.24, 2.45) is 0 Å². The Bertz CT molecular complexity index is 607. The number of ether oxygens (including phenoxy) is 1. The molecule has 1 aromatic heterocycles. The van der Waals surface area contributed by atoms with Crippen LogP contribution in [0, 0.1) is 6.92 Å². The second-order valence-corrected chi connectivity index (χ2v) is 6.44. The van der Waals surface area contributed by atoms with Gasteiger partial charge in [-0.15, -0.1) is 11.3 Å². The Morgan fingerprint density at radius 2 is 2.11 bits per heavy atom. The number of benzene rings is 1. The van der Waals surface area contributed by atoms with Crippen molar-refractivity contribution in [3.8, 4) is 5.75 Å². The van der Waals surface area contributed by atoms with Crippen LogP contribution in [-0.2, 0) is 0 Å². The summed E-state index contributed by atoms with van der Waals surface area (Å²) >= 11 is 4.93. The van der Waals surface area contributed by atoms with E-state index in [0.717, 1.165) is 8.66 Å². The van der Waals surface area contributed by atoms with Crippen molar-refractivity contribution in [2.75, 3.05) is 12.8 Å². The summed E-state index contributed by atoms with van der Waals surface area (Å²) in [5.74, 6) is 0.554. The van der Waals surface area contributed by atoms with E-state index in [0.29, 0.717) is 22.6 Å². The van der Waals surface area contributed by atoms with E-state index >= 15 is 0 Å². The van der Waals surface area contributed by atoms with Gasteiger partial charge in [0, 0.05) is 16.0 Å². The number of methoxy groups -OCH3 is 1. The Morgan fingerprint density at radius 1 is 1.39 bits per heavy atom. The maximum atomic E-state index is 12.3. The van der Waals surface area contributed by atoms with E-state index in [1.165, 1.54) is 0 Å². The molecule has 18 heavy (non-hydrogen) atoms. The molecule has 1 aromatic carbocycles. The number of halogens is 1. The lowest BCUT2D eigenvalue weighted by molar-refractivity contribution is 0.103. The van der Waals surface area contributed by atoms with E-state index in [1.807, 2.05) is 13.0 Å². The third kappa shape index (κ3) is 2.42. The molecule has 0 fully saturated rings. The number of hydrogen-bond donors (Lipinski definition) is 1. The first-order valence-electron chi connectivity index (χ1n) is 5.27. The Morgan fingerprint density at radius 3 is 2.61 bits per heavy atom. The summed E-state index contributed by atoms with van der Waals surface area (Å²) in [7, 11) is 1.55. The fourth-order valence-corrected chi connectivity index (χ4v) is 3.39. The van der Waals surface area contributed by atoms with Gasteiger partial charge in [0.2, 0.25) is 0 Å². The summed E-state index contributed by atoms with van der Waals surface area (Å²) in [4.78, 5) is 13.3. The SMILES string of the molecule is COc1ccc(C(=O)c2cc(Br)sc2C)cc1N. The van der Waals surface area contributed by atoms with Crippen LogP contribution in [0.5, 0.6) is 5.75 Å². The Labute approximate surface area is 118 Å². The molecule has 0 atom stereocenters. The number of nitrogens with two attached hydrogens (primary N) is 1. The van der Waals surface area contributed by atoms with Gasteiger partial charge in [-0.3, -0.25) is 4.79 Å². The normalized spacial score (nSPS) is 10.4. The first kappa shape index (κ1) is 13.1. The van der Waals surface area contributed by atoms with Gasteiger partial charge in [-0.05, 0) is 47.1 Å². The van der Waals surface area contributed by atoms with Crippen molar-refractivity contribution in [1.82, 2.24) is 0 Å². The molecule has 2 N–H and O–H groups in total. The average molecular weight is 326 g/mol. The minimum atomic E-state index is -0.0243. The van der Waals surface area contributed by atoms with Crippen molar-refractivity contribution in [3.05, 3.63) is 44.1 Å². The molecule has 0 radical (unpaired) electrons. The molecule has 3 nitrogen and oxygen atoms in total. The van der Waals surface area contributed by atoms with Crippen LogP contribution in [0.15, 0.2) is 28.1 Å². The Balaban J connectivity index is 2.40. The number of aryl methyl sites for hydroxylation is 1. The smallest absolute Gasteiger partial charge is 0.194 e. The summed E-state index contributed by atoms with van der Waals surface area (Å²) in [6.45, 7) is 1.93. The molecule has 94 valence electrons. The highest BCUT2D eigenvalue weighted by Crippen LogP contribution is 2.29. The zero-order chi connectivity index (χ0) is 13.3. The highest BCUT2D eigenvalue weighted by Gasteiger charge is 2.15. The van der Waals surface area contributed by atoms with Crippen molar-refractivity contribution in [2.45, 2.75) is 6.92 Å². The number of nitrogen functional groups attached to an aromatic ring is 1. The standard InChI is InChI=1S/C13H12BrNO2S/c1-7-9(6-12(14)18-7)13(16)8-3-4-11(17-2)10(15)5-8/h3-6H,15H2,1-2H3. The number of hydrogen-bond acceptors (Lipinski definition) is 4. The van der Waals surface area contributed by atoms with Crippen LogP contribution in [0.2, 0.25) is 0 Å². The van der Waals surface area contributed by atoms with Crippen LogP contribution >= 0.6 is 27.3 Å². The Hall–Kier alpha value is -1.33. The van der Waals surface area contributed by atoms with Crippen molar-refractivity contribution >= 4 is 38.7 Å². The number of carbonyl (C=O) groups is 1. The van der Waals surface area contributed by atoms with Gasteiger partial charge in [0.05, 0.1) is 16.6 Å². The third-order valence-corrected chi connectivity index (χ3v) is 4.18. The minimum Gasteiger partial charge on any atom is -0.495 e. The van der Waals surface area contributed by atoms with Crippen molar-refractivity contribution in [1.29, 1.82) is 0 Å². The summed E-state index contributed by atoms with van der Waals surface area (Å²) in [6, 6.07) is 6.91. The van der Waals surface area contributed by atoms with Gasteiger partial charge in [0.1, 0.15) is 5.75 Å². The molecule has 0 spiro atoms. The van der Waals surface area contributed by atoms with Crippen molar-refractivity contribution < 1.29 is 9.53 Å². The predicted molar refractivity (Wildman–Crippen MR) is 77.6 cm³/mol. The third-order valence-electron chi connectivity index (χ3n) is 2.62. The molecule has 0 aliphatic carbocycles. The van der Waals surface area contributed by atoms with E-state index in [9.17, 15) is 4.79 Å².